The Labute approximate surface area is 127 Å². The van der Waals surface area contributed by atoms with Crippen LogP contribution < -0.4 is 11.1 Å². The second-order valence-corrected chi connectivity index (χ2v) is 6.11. The molecule has 2 unspecified atom stereocenters. The van der Waals surface area contributed by atoms with Gasteiger partial charge < -0.3 is 11.1 Å². The number of hydrogen-bond donors (Lipinski definition) is 2. The molecular weight excluding hydrogens is 262 g/mol. The van der Waals surface area contributed by atoms with Gasteiger partial charge >= 0.3 is 0 Å². The Bertz CT molecular complexity index is 435. The smallest absolute Gasteiger partial charge is 0.231 e. The van der Waals surface area contributed by atoms with Crippen molar-refractivity contribution in [3.63, 3.8) is 0 Å². The van der Waals surface area contributed by atoms with E-state index in [0.717, 1.165) is 19.6 Å². The Kier molecular flexibility index (Phi) is 6.21. The Morgan fingerprint density at radius 2 is 2.10 bits per heavy atom. The lowest BCUT2D eigenvalue weighted by molar-refractivity contribution is -0.119. The van der Waals surface area contributed by atoms with Gasteiger partial charge in [-0.15, -0.1) is 0 Å². The molecule has 1 saturated heterocycles. The molecule has 4 nitrogen and oxygen atoms in total. The van der Waals surface area contributed by atoms with E-state index in [1.165, 1.54) is 24.8 Å². The van der Waals surface area contributed by atoms with Crippen molar-refractivity contribution < 1.29 is 4.79 Å². The first-order chi connectivity index (χ1) is 10.2. The van der Waals surface area contributed by atoms with Crippen LogP contribution in [0.5, 0.6) is 0 Å². The van der Waals surface area contributed by atoms with Crippen LogP contribution in [0.15, 0.2) is 30.3 Å². The highest BCUT2D eigenvalue weighted by Gasteiger charge is 2.27. The SMILES string of the molecule is CCCC1CC(NCc2ccccc2)CN(CC(N)=O)C1. The number of piperidine rings is 1. The summed E-state index contributed by atoms with van der Waals surface area (Å²) in [6.45, 7) is 5.40. The summed E-state index contributed by atoms with van der Waals surface area (Å²) in [6, 6.07) is 10.9. The summed E-state index contributed by atoms with van der Waals surface area (Å²) >= 11 is 0. The molecule has 0 spiro atoms. The molecule has 1 amide bonds. The minimum Gasteiger partial charge on any atom is -0.369 e. The van der Waals surface area contributed by atoms with Gasteiger partial charge in [-0.05, 0) is 24.3 Å². The van der Waals surface area contributed by atoms with Crippen LogP contribution >= 0.6 is 0 Å². The van der Waals surface area contributed by atoms with E-state index < -0.39 is 0 Å². The van der Waals surface area contributed by atoms with E-state index in [1.54, 1.807) is 0 Å². The summed E-state index contributed by atoms with van der Waals surface area (Å²) < 4.78 is 0. The Morgan fingerprint density at radius 1 is 1.33 bits per heavy atom. The van der Waals surface area contributed by atoms with Gasteiger partial charge in [0.05, 0.1) is 6.54 Å². The van der Waals surface area contributed by atoms with Crippen LogP contribution in [0.2, 0.25) is 0 Å². The van der Waals surface area contributed by atoms with E-state index in [-0.39, 0.29) is 5.91 Å². The minimum absolute atomic E-state index is 0.228. The van der Waals surface area contributed by atoms with E-state index in [0.29, 0.717) is 18.5 Å². The van der Waals surface area contributed by atoms with Crippen LogP contribution in [-0.4, -0.2) is 36.5 Å². The highest BCUT2D eigenvalue weighted by Crippen LogP contribution is 2.21. The van der Waals surface area contributed by atoms with Gasteiger partial charge in [-0.1, -0.05) is 43.7 Å². The van der Waals surface area contributed by atoms with Crippen molar-refractivity contribution in [2.75, 3.05) is 19.6 Å². The van der Waals surface area contributed by atoms with Crippen molar-refractivity contribution in [2.45, 2.75) is 38.8 Å². The molecule has 1 heterocycles. The quantitative estimate of drug-likeness (QED) is 0.804. The maximum absolute atomic E-state index is 11.2. The zero-order valence-corrected chi connectivity index (χ0v) is 12.9. The molecule has 0 saturated carbocycles. The molecule has 0 aromatic heterocycles. The average Bonchev–Trinajstić information content (AvgIpc) is 2.46. The zero-order chi connectivity index (χ0) is 15.1. The number of hydrogen-bond acceptors (Lipinski definition) is 3. The summed E-state index contributed by atoms with van der Waals surface area (Å²) in [5.41, 5.74) is 6.65. The first-order valence-electron chi connectivity index (χ1n) is 7.95. The molecule has 1 aliphatic rings. The Balaban J connectivity index is 1.88. The highest BCUT2D eigenvalue weighted by molar-refractivity contribution is 5.75. The number of rotatable bonds is 7. The molecule has 0 aliphatic carbocycles. The maximum Gasteiger partial charge on any atom is 0.231 e. The molecule has 0 radical (unpaired) electrons. The van der Waals surface area contributed by atoms with Gasteiger partial charge in [0.15, 0.2) is 0 Å². The van der Waals surface area contributed by atoms with Crippen molar-refractivity contribution >= 4 is 5.91 Å². The Morgan fingerprint density at radius 3 is 2.76 bits per heavy atom. The Hall–Kier alpha value is -1.39. The maximum atomic E-state index is 11.2. The fourth-order valence-corrected chi connectivity index (χ4v) is 3.28. The first-order valence-corrected chi connectivity index (χ1v) is 7.95. The van der Waals surface area contributed by atoms with Gasteiger partial charge in [-0.2, -0.15) is 0 Å². The number of likely N-dealkylation sites (tertiary alicyclic amines) is 1. The average molecular weight is 289 g/mol. The molecule has 2 atom stereocenters. The monoisotopic (exact) mass is 289 g/mol. The van der Waals surface area contributed by atoms with E-state index in [9.17, 15) is 4.79 Å². The zero-order valence-electron chi connectivity index (χ0n) is 12.9. The topological polar surface area (TPSA) is 58.4 Å². The number of primary amides is 1. The number of nitrogens with one attached hydrogen (secondary N) is 1. The summed E-state index contributed by atoms with van der Waals surface area (Å²) in [4.78, 5) is 13.4. The second-order valence-electron chi connectivity index (χ2n) is 6.11. The molecule has 1 aromatic carbocycles. The van der Waals surface area contributed by atoms with Crippen molar-refractivity contribution in [1.29, 1.82) is 0 Å². The number of nitrogens with zero attached hydrogens (tertiary/aromatic N) is 1. The third-order valence-corrected chi connectivity index (χ3v) is 4.13. The standard InChI is InChI=1S/C17H27N3O/c1-2-6-15-9-16(12-20(11-15)13-17(18)21)19-10-14-7-4-3-5-8-14/h3-5,7-8,15-16,19H,2,6,9-13H2,1H3,(H2,18,21). The number of carbonyl (C=O) groups excluding carboxylic acids is 1. The van der Waals surface area contributed by atoms with Crippen LogP contribution in [0.3, 0.4) is 0 Å². The molecular formula is C17H27N3O. The van der Waals surface area contributed by atoms with Crippen LogP contribution in [0.1, 0.15) is 31.7 Å². The molecule has 1 fully saturated rings. The first kappa shape index (κ1) is 16.0. The lowest BCUT2D eigenvalue weighted by Gasteiger charge is -2.37. The van der Waals surface area contributed by atoms with E-state index in [4.69, 9.17) is 5.73 Å². The van der Waals surface area contributed by atoms with Crippen LogP contribution in [0.4, 0.5) is 0 Å². The third-order valence-electron chi connectivity index (χ3n) is 4.13. The van der Waals surface area contributed by atoms with E-state index >= 15 is 0 Å². The second kappa shape index (κ2) is 8.15. The predicted molar refractivity (Wildman–Crippen MR) is 85.7 cm³/mol. The van der Waals surface area contributed by atoms with Gasteiger partial charge in [0.1, 0.15) is 0 Å². The largest absolute Gasteiger partial charge is 0.369 e. The van der Waals surface area contributed by atoms with Gasteiger partial charge in [0, 0.05) is 25.7 Å². The van der Waals surface area contributed by atoms with E-state index in [1.807, 2.05) is 6.07 Å². The summed E-state index contributed by atoms with van der Waals surface area (Å²) in [5, 5.41) is 3.64. The molecule has 2 rings (SSSR count). The predicted octanol–water partition coefficient (Wildman–Crippen LogP) is 1.75. The van der Waals surface area contributed by atoms with Gasteiger partial charge in [0.2, 0.25) is 5.91 Å². The van der Waals surface area contributed by atoms with Crippen molar-refractivity contribution in [1.82, 2.24) is 10.2 Å². The fourth-order valence-electron chi connectivity index (χ4n) is 3.28. The highest BCUT2D eigenvalue weighted by atomic mass is 16.1. The lowest BCUT2D eigenvalue weighted by atomic mass is 9.90. The molecule has 1 aromatic rings. The minimum atomic E-state index is -0.228. The van der Waals surface area contributed by atoms with Gasteiger partial charge in [-0.25, -0.2) is 0 Å². The number of carbonyl (C=O) groups is 1. The molecule has 0 bridgehead atoms. The summed E-state index contributed by atoms with van der Waals surface area (Å²) in [7, 11) is 0. The summed E-state index contributed by atoms with van der Waals surface area (Å²) in [5.74, 6) is 0.435. The van der Waals surface area contributed by atoms with Gasteiger partial charge in [0.25, 0.3) is 0 Å². The molecule has 21 heavy (non-hydrogen) atoms. The van der Waals surface area contributed by atoms with Crippen LogP contribution in [0.25, 0.3) is 0 Å². The normalized spacial score (nSPS) is 23.1. The summed E-state index contributed by atoms with van der Waals surface area (Å²) in [6.07, 6.45) is 3.61. The lowest BCUT2D eigenvalue weighted by Crippen LogP contribution is -2.51. The van der Waals surface area contributed by atoms with Crippen molar-refractivity contribution in [2.24, 2.45) is 11.7 Å². The number of nitrogens with two attached hydrogens (primary N) is 1. The number of amides is 1. The van der Waals surface area contributed by atoms with Crippen molar-refractivity contribution in [3.8, 4) is 0 Å². The fraction of sp³-hybridized carbons (Fsp3) is 0.588. The van der Waals surface area contributed by atoms with Crippen LogP contribution in [-0.2, 0) is 11.3 Å². The van der Waals surface area contributed by atoms with E-state index in [2.05, 4.69) is 41.4 Å². The molecule has 1 aliphatic heterocycles. The third kappa shape index (κ3) is 5.48. The molecule has 116 valence electrons. The molecule has 3 N–H and O–H groups in total. The van der Waals surface area contributed by atoms with Gasteiger partial charge in [-0.3, -0.25) is 9.69 Å². The van der Waals surface area contributed by atoms with Crippen LogP contribution in [0, 0.1) is 5.92 Å². The van der Waals surface area contributed by atoms with Crippen molar-refractivity contribution in [3.05, 3.63) is 35.9 Å². The molecule has 4 heteroatoms. The number of benzene rings is 1.